The smallest absolute Gasteiger partial charge is 0.243 e. The van der Waals surface area contributed by atoms with Crippen LogP contribution in [0, 0.1) is 11.3 Å². The van der Waals surface area contributed by atoms with Gasteiger partial charge in [-0.1, -0.05) is 0 Å². The Morgan fingerprint density at radius 3 is 3.16 bits per heavy atom. The Morgan fingerprint density at radius 1 is 1.53 bits per heavy atom. The first kappa shape index (κ1) is 12.0. The molecule has 0 radical (unpaired) electrons. The van der Waals surface area contributed by atoms with E-state index in [1.165, 1.54) is 0 Å². The number of carbonyl (C=O) groups excluding carboxylic acids is 1. The maximum Gasteiger partial charge on any atom is 0.243 e. The van der Waals surface area contributed by atoms with Gasteiger partial charge in [-0.05, 0) is 31.0 Å². The molecular formula is C14H15N3O2. The zero-order valence-electron chi connectivity index (χ0n) is 10.6. The van der Waals surface area contributed by atoms with E-state index in [2.05, 4.69) is 11.4 Å². The Labute approximate surface area is 111 Å². The van der Waals surface area contributed by atoms with Crippen LogP contribution < -0.4 is 10.2 Å². The van der Waals surface area contributed by atoms with Gasteiger partial charge in [0.2, 0.25) is 5.91 Å². The van der Waals surface area contributed by atoms with Gasteiger partial charge in [-0.25, -0.2) is 0 Å². The number of rotatable bonds is 2. The summed E-state index contributed by atoms with van der Waals surface area (Å²) < 4.78 is 5.63. The first-order valence-electron chi connectivity index (χ1n) is 6.47. The van der Waals surface area contributed by atoms with Crippen LogP contribution in [0.5, 0.6) is 0 Å². The molecule has 1 N–H and O–H groups in total. The molecule has 1 aromatic carbocycles. The second kappa shape index (κ2) is 4.90. The molecule has 1 saturated heterocycles. The van der Waals surface area contributed by atoms with E-state index in [0.717, 1.165) is 31.7 Å². The third-order valence-electron chi connectivity index (χ3n) is 3.52. The van der Waals surface area contributed by atoms with E-state index in [-0.39, 0.29) is 12.0 Å². The van der Waals surface area contributed by atoms with Gasteiger partial charge in [0, 0.05) is 13.2 Å². The van der Waals surface area contributed by atoms with E-state index in [4.69, 9.17) is 10.00 Å². The highest BCUT2D eigenvalue weighted by Crippen LogP contribution is 2.31. The van der Waals surface area contributed by atoms with Crippen LogP contribution in [-0.2, 0) is 9.53 Å². The summed E-state index contributed by atoms with van der Waals surface area (Å²) >= 11 is 0. The highest BCUT2D eigenvalue weighted by molar-refractivity contribution is 6.01. The van der Waals surface area contributed by atoms with Crippen LogP contribution in [0.2, 0.25) is 0 Å². The number of carbonyl (C=O) groups is 1. The average Bonchev–Trinajstić information content (AvgIpc) is 2.90. The molecule has 0 aromatic heterocycles. The molecule has 19 heavy (non-hydrogen) atoms. The summed E-state index contributed by atoms with van der Waals surface area (Å²) in [6.45, 7) is 1.88. The van der Waals surface area contributed by atoms with E-state index < -0.39 is 0 Å². The fraction of sp³-hybridized carbons (Fsp3) is 0.429. The summed E-state index contributed by atoms with van der Waals surface area (Å²) in [7, 11) is 0. The maximum absolute atomic E-state index is 11.7. The minimum Gasteiger partial charge on any atom is -0.376 e. The highest BCUT2D eigenvalue weighted by Gasteiger charge is 2.26. The number of hydrogen-bond donors (Lipinski definition) is 1. The number of anilines is 2. The summed E-state index contributed by atoms with van der Waals surface area (Å²) in [5.41, 5.74) is 2.24. The third-order valence-corrected chi connectivity index (χ3v) is 3.52. The molecule has 3 rings (SSSR count). The molecule has 1 atom stereocenters. The Morgan fingerprint density at radius 2 is 2.42 bits per heavy atom. The van der Waals surface area contributed by atoms with E-state index in [1.54, 1.807) is 12.1 Å². The summed E-state index contributed by atoms with van der Waals surface area (Å²) in [4.78, 5) is 13.8. The molecule has 5 nitrogen and oxygen atoms in total. The van der Waals surface area contributed by atoms with Gasteiger partial charge in [0.05, 0.1) is 35.7 Å². The lowest BCUT2D eigenvalue weighted by atomic mass is 10.1. The number of nitrogens with one attached hydrogen (secondary N) is 1. The molecule has 1 aromatic rings. The molecule has 1 unspecified atom stereocenters. The van der Waals surface area contributed by atoms with E-state index in [0.29, 0.717) is 17.8 Å². The van der Waals surface area contributed by atoms with Gasteiger partial charge >= 0.3 is 0 Å². The number of ether oxygens (including phenoxy) is 1. The number of nitrogens with zero attached hydrogens (tertiary/aromatic N) is 2. The molecule has 0 bridgehead atoms. The SMILES string of the molecule is N#Cc1ccc2c(c1)NC(=O)CN2CC1CCCO1. The first-order valence-corrected chi connectivity index (χ1v) is 6.47. The van der Waals surface area contributed by atoms with Gasteiger partial charge in [0.15, 0.2) is 0 Å². The fourth-order valence-corrected chi connectivity index (χ4v) is 2.63. The molecular weight excluding hydrogens is 242 g/mol. The van der Waals surface area contributed by atoms with Crippen molar-refractivity contribution in [2.75, 3.05) is 29.9 Å². The number of fused-ring (bicyclic) bond motifs is 1. The fourth-order valence-electron chi connectivity index (χ4n) is 2.63. The summed E-state index contributed by atoms with van der Waals surface area (Å²) in [5, 5.41) is 11.7. The van der Waals surface area contributed by atoms with Crippen molar-refractivity contribution in [1.82, 2.24) is 0 Å². The van der Waals surface area contributed by atoms with Gasteiger partial charge in [0.25, 0.3) is 0 Å². The van der Waals surface area contributed by atoms with Crippen molar-refractivity contribution in [1.29, 1.82) is 5.26 Å². The second-order valence-corrected chi connectivity index (χ2v) is 4.91. The van der Waals surface area contributed by atoms with Crippen LogP contribution in [-0.4, -0.2) is 31.7 Å². The summed E-state index contributed by atoms with van der Waals surface area (Å²) in [6.07, 6.45) is 2.34. The lowest BCUT2D eigenvalue weighted by Gasteiger charge is -2.32. The molecule has 1 fully saturated rings. The summed E-state index contributed by atoms with van der Waals surface area (Å²) in [5.74, 6) is -0.0411. The van der Waals surface area contributed by atoms with E-state index in [1.807, 2.05) is 11.0 Å². The number of amides is 1. The van der Waals surface area contributed by atoms with Gasteiger partial charge < -0.3 is 15.0 Å². The molecule has 0 saturated carbocycles. The van der Waals surface area contributed by atoms with Gasteiger partial charge in [-0.2, -0.15) is 5.26 Å². The minimum atomic E-state index is -0.0411. The molecule has 0 aliphatic carbocycles. The number of nitriles is 1. The van der Waals surface area contributed by atoms with Gasteiger partial charge in [-0.15, -0.1) is 0 Å². The van der Waals surface area contributed by atoms with E-state index >= 15 is 0 Å². The van der Waals surface area contributed by atoms with Crippen LogP contribution in [0.25, 0.3) is 0 Å². The van der Waals surface area contributed by atoms with Crippen LogP contribution in [0.15, 0.2) is 18.2 Å². The molecule has 0 spiro atoms. The largest absolute Gasteiger partial charge is 0.376 e. The van der Waals surface area contributed by atoms with Crippen molar-refractivity contribution in [3.63, 3.8) is 0 Å². The highest BCUT2D eigenvalue weighted by atomic mass is 16.5. The van der Waals surface area contributed by atoms with Crippen molar-refractivity contribution < 1.29 is 9.53 Å². The van der Waals surface area contributed by atoms with Crippen LogP contribution in [0.3, 0.4) is 0 Å². The van der Waals surface area contributed by atoms with Crippen molar-refractivity contribution in [3.8, 4) is 6.07 Å². The van der Waals surface area contributed by atoms with Crippen molar-refractivity contribution in [3.05, 3.63) is 23.8 Å². The quantitative estimate of drug-likeness (QED) is 0.872. The maximum atomic E-state index is 11.7. The Hall–Kier alpha value is -2.06. The molecule has 2 aliphatic heterocycles. The molecule has 1 amide bonds. The predicted molar refractivity (Wildman–Crippen MR) is 71.0 cm³/mol. The Balaban J connectivity index is 1.86. The van der Waals surface area contributed by atoms with Gasteiger partial charge in [-0.3, -0.25) is 4.79 Å². The third kappa shape index (κ3) is 2.40. The minimum absolute atomic E-state index is 0.0411. The molecule has 5 heteroatoms. The normalized spacial score (nSPS) is 21.7. The zero-order chi connectivity index (χ0) is 13.2. The topological polar surface area (TPSA) is 65.4 Å². The number of hydrogen-bond acceptors (Lipinski definition) is 4. The van der Waals surface area contributed by atoms with Crippen LogP contribution in [0.4, 0.5) is 11.4 Å². The summed E-state index contributed by atoms with van der Waals surface area (Å²) in [6, 6.07) is 7.47. The first-order chi connectivity index (χ1) is 9.26. The molecule has 2 aliphatic rings. The van der Waals surface area contributed by atoms with Crippen molar-refractivity contribution in [2.45, 2.75) is 18.9 Å². The standard InChI is InChI=1S/C14H15N3O2/c15-7-10-3-4-13-12(6-10)16-14(18)9-17(13)8-11-2-1-5-19-11/h3-4,6,11H,1-2,5,8-9H2,(H,16,18). The second-order valence-electron chi connectivity index (χ2n) is 4.91. The van der Waals surface area contributed by atoms with Crippen molar-refractivity contribution >= 4 is 17.3 Å². The Kier molecular flexibility index (Phi) is 3.10. The van der Waals surface area contributed by atoms with Crippen LogP contribution >= 0.6 is 0 Å². The van der Waals surface area contributed by atoms with Crippen LogP contribution in [0.1, 0.15) is 18.4 Å². The van der Waals surface area contributed by atoms with E-state index in [9.17, 15) is 4.79 Å². The zero-order valence-corrected chi connectivity index (χ0v) is 10.6. The monoisotopic (exact) mass is 257 g/mol. The number of benzene rings is 1. The Bertz CT molecular complexity index is 544. The predicted octanol–water partition coefficient (Wildman–Crippen LogP) is 1.50. The molecule has 98 valence electrons. The van der Waals surface area contributed by atoms with Crippen molar-refractivity contribution in [2.24, 2.45) is 0 Å². The lowest BCUT2D eigenvalue weighted by molar-refractivity contribution is -0.115. The molecule has 2 heterocycles. The average molecular weight is 257 g/mol. The lowest BCUT2D eigenvalue weighted by Crippen LogP contribution is -2.42. The van der Waals surface area contributed by atoms with Gasteiger partial charge in [0.1, 0.15) is 0 Å².